The number of aromatic hydroxyl groups is 1. The maximum Gasteiger partial charge on any atom is 0.125 e. The molecule has 1 atom stereocenters. The van der Waals surface area contributed by atoms with Crippen LogP contribution in [0.3, 0.4) is 0 Å². The van der Waals surface area contributed by atoms with Gasteiger partial charge in [-0.1, -0.05) is 12.1 Å². The van der Waals surface area contributed by atoms with Crippen LogP contribution < -0.4 is 10.6 Å². The molecule has 3 N–H and O–H groups in total. The van der Waals surface area contributed by atoms with Crippen LogP contribution >= 0.6 is 0 Å². The molecule has 104 valence electrons. The van der Waals surface area contributed by atoms with Crippen LogP contribution in [0.2, 0.25) is 0 Å². The number of nitrogens with zero attached hydrogens (tertiary/aromatic N) is 1. The van der Waals surface area contributed by atoms with E-state index in [1.54, 1.807) is 12.1 Å². The fourth-order valence-electron chi connectivity index (χ4n) is 2.71. The summed E-state index contributed by atoms with van der Waals surface area (Å²) in [6.45, 7) is 2.62. The fraction of sp³-hybridized carbons (Fsp3) is 0.250. The molecule has 3 nitrogen and oxygen atoms in total. The minimum absolute atomic E-state index is 0.183. The SMILES string of the molecule is CC(N)c1ccc(N2CCc3ccc(F)cc32)cc1O. The Bertz CT molecular complexity index is 655. The van der Waals surface area contributed by atoms with Crippen LogP contribution in [0.25, 0.3) is 0 Å². The normalized spacial score (nSPS) is 15.2. The Balaban J connectivity index is 2.00. The number of hydrogen-bond acceptors (Lipinski definition) is 3. The van der Waals surface area contributed by atoms with Gasteiger partial charge in [0.2, 0.25) is 0 Å². The molecule has 0 aliphatic carbocycles. The number of benzene rings is 2. The molecule has 1 aliphatic heterocycles. The molecule has 0 aromatic heterocycles. The summed E-state index contributed by atoms with van der Waals surface area (Å²) < 4.78 is 13.4. The number of nitrogens with two attached hydrogens (primary N) is 1. The Kier molecular flexibility index (Phi) is 3.10. The summed E-state index contributed by atoms with van der Waals surface area (Å²) in [6.07, 6.45) is 0.880. The Labute approximate surface area is 117 Å². The van der Waals surface area contributed by atoms with E-state index < -0.39 is 0 Å². The minimum Gasteiger partial charge on any atom is -0.508 e. The van der Waals surface area contributed by atoms with E-state index >= 15 is 0 Å². The van der Waals surface area contributed by atoms with Crippen molar-refractivity contribution in [2.75, 3.05) is 11.4 Å². The first-order valence-electron chi connectivity index (χ1n) is 6.71. The van der Waals surface area contributed by atoms with E-state index in [0.29, 0.717) is 5.56 Å². The van der Waals surface area contributed by atoms with E-state index in [-0.39, 0.29) is 17.6 Å². The van der Waals surface area contributed by atoms with Crippen molar-refractivity contribution in [3.05, 3.63) is 53.3 Å². The number of phenols is 1. The summed E-state index contributed by atoms with van der Waals surface area (Å²) in [5, 5.41) is 10.0. The largest absolute Gasteiger partial charge is 0.508 e. The quantitative estimate of drug-likeness (QED) is 0.882. The summed E-state index contributed by atoms with van der Waals surface area (Å²) in [4.78, 5) is 2.02. The van der Waals surface area contributed by atoms with Crippen molar-refractivity contribution in [1.82, 2.24) is 0 Å². The van der Waals surface area contributed by atoms with Crippen LogP contribution in [0, 0.1) is 5.82 Å². The van der Waals surface area contributed by atoms with Gasteiger partial charge in [-0.15, -0.1) is 0 Å². The van der Waals surface area contributed by atoms with E-state index in [2.05, 4.69) is 0 Å². The highest BCUT2D eigenvalue weighted by molar-refractivity contribution is 5.71. The van der Waals surface area contributed by atoms with E-state index in [1.165, 1.54) is 6.07 Å². The van der Waals surface area contributed by atoms with Gasteiger partial charge in [0, 0.05) is 35.6 Å². The molecule has 1 aliphatic rings. The van der Waals surface area contributed by atoms with Crippen LogP contribution in [0.1, 0.15) is 24.1 Å². The molecule has 20 heavy (non-hydrogen) atoms. The Morgan fingerprint density at radius 1 is 1.25 bits per heavy atom. The molecule has 0 fully saturated rings. The number of anilines is 2. The van der Waals surface area contributed by atoms with Gasteiger partial charge in [-0.3, -0.25) is 0 Å². The van der Waals surface area contributed by atoms with Crippen LogP contribution in [0.5, 0.6) is 5.75 Å². The Morgan fingerprint density at radius 2 is 2.05 bits per heavy atom. The zero-order valence-electron chi connectivity index (χ0n) is 11.3. The molecular formula is C16H17FN2O. The first kappa shape index (κ1) is 12.9. The molecular weight excluding hydrogens is 255 g/mol. The van der Waals surface area contributed by atoms with Gasteiger partial charge in [-0.25, -0.2) is 4.39 Å². The lowest BCUT2D eigenvalue weighted by atomic mass is 10.1. The van der Waals surface area contributed by atoms with Crippen molar-refractivity contribution < 1.29 is 9.50 Å². The van der Waals surface area contributed by atoms with Gasteiger partial charge in [0.15, 0.2) is 0 Å². The second-order valence-corrected chi connectivity index (χ2v) is 5.21. The molecule has 0 bridgehead atoms. The molecule has 0 spiro atoms. The number of rotatable bonds is 2. The molecule has 1 unspecified atom stereocenters. The smallest absolute Gasteiger partial charge is 0.125 e. The average Bonchev–Trinajstić information content (AvgIpc) is 2.81. The van der Waals surface area contributed by atoms with Crippen LogP contribution in [-0.4, -0.2) is 11.7 Å². The number of halogens is 1. The highest BCUT2D eigenvalue weighted by Gasteiger charge is 2.21. The fourth-order valence-corrected chi connectivity index (χ4v) is 2.71. The average molecular weight is 272 g/mol. The first-order valence-corrected chi connectivity index (χ1v) is 6.71. The molecule has 3 rings (SSSR count). The third-order valence-corrected chi connectivity index (χ3v) is 3.76. The highest BCUT2D eigenvalue weighted by atomic mass is 19.1. The second kappa shape index (κ2) is 4.80. The Morgan fingerprint density at radius 3 is 2.75 bits per heavy atom. The van der Waals surface area contributed by atoms with Gasteiger partial charge < -0.3 is 15.7 Å². The predicted octanol–water partition coefficient (Wildman–Crippen LogP) is 3.25. The maximum absolute atomic E-state index is 13.4. The lowest BCUT2D eigenvalue weighted by molar-refractivity contribution is 0.464. The van der Waals surface area contributed by atoms with Crippen molar-refractivity contribution in [3.63, 3.8) is 0 Å². The molecule has 1 heterocycles. The van der Waals surface area contributed by atoms with Crippen molar-refractivity contribution in [2.45, 2.75) is 19.4 Å². The van der Waals surface area contributed by atoms with Crippen molar-refractivity contribution >= 4 is 11.4 Å². The lowest BCUT2D eigenvalue weighted by Crippen LogP contribution is -2.14. The third-order valence-electron chi connectivity index (χ3n) is 3.76. The minimum atomic E-state index is -0.243. The van der Waals surface area contributed by atoms with Crippen molar-refractivity contribution in [1.29, 1.82) is 0 Å². The molecule has 2 aromatic rings. The molecule has 2 aromatic carbocycles. The second-order valence-electron chi connectivity index (χ2n) is 5.21. The van der Waals surface area contributed by atoms with Gasteiger partial charge in [0.25, 0.3) is 0 Å². The predicted molar refractivity (Wildman–Crippen MR) is 77.8 cm³/mol. The van der Waals surface area contributed by atoms with Crippen LogP contribution in [-0.2, 0) is 6.42 Å². The molecule has 0 saturated heterocycles. The molecule has 0 amide bonds. The summed E-state index contributed by atoms with van der Waals surface area (Å²) in [7, 11) is 0. The van der Waals surface area contributed by atoms with Gasteiger partial charge in [0.1, 0.15) is 11.6 Å². The summed E-state index contributed by atoms with van der Waals surface area (Å²) in [6, 6.07) is 10.1. The maximum atomic E-state index is 13.4. The molecule has 0 radical (unpaired) electrons. The number of fused-ring (bicyclic) bond motifs is 1. The van der Waals surface area contributed by atoms with Gasteiger partial charge in [-0.05, 0) is 37.1 Å². The van der Waals surface area contributed by atoms with Crippen LogP contribution in [0.4, 0.5) is 15.8 Å². The number of hydrogen-bond donors (Lipinski definition) is 2. The third kappa shape index (κ3) is 2.12. The van der Waals surface area contributed by atoms with Gasteiger partial charge in [0.05, 0.1) is 0 Å². The van der Waals surface area contributed by atoms with E-state index in [1.807, 2.05) is 30.0 Å². The van der Waals surface area contributed by atoms with E-state index in [0.717, 1.165) is 29.9 Å². The summed E-state index contributed by atoms with van der Waals surface area (Å²) in [5.74, 6) is -0.0607. The first-order chi connectivity index (χ1) is 9.56. The number of phenolic OH excluding ortho intramolecular Hbond substituents is 1. The highest BCUT2D eigenvalue weighted by Crippen LogP contribution is 2.37. The van der Waals surface area contributed by atoms with Crippen LogP contribution in [0.15, 0.2) is 36.4 Å². The topological polar surface area (TPSA) is 49.5 Å². The van der Waals surface area contributed by atoms with Crippen molar-refractivity contribution in [3.8, 4) is 5.75 Å². The monoisotopic (exact) mass is 272 g/mol. The van der Waals surface area contributed by atoms with E-state index in [4.69, 9.17) is 5.73 Å². The summed E-state index contributed by atoms with van der Waals surface area (Å²) >= 11 is 0. The lowest BCUT2D eigenvalue weighted by Gasteiger charge is -2.21. The van der Waals surface area contributed by atoms with E-state index in [9.17, 15) is 9.50 Å². The summed E-state index contributed by atoms with van der Waals surface area (Å²) in [5.41, 5.74) is 9.36. The Hall–Kier alpha value is -2.07. The zero-order valence-corrected chi connectivity index (χ0v) is 11.3. The zero-order chi connectivity index (χ0) is 14.3. The van der Waals surface area contributed by atoms with Gasteiger partial charge in [-0.2, -0.15) is 0 Å². The standard InChI is InChI=1S/C16H17FN2O/c1-10(18)14-5-4-13(9-16(14)20)19-7-6-11-2-3-12(17)8-15(11)19/h2-5,8-10,20H,6-7,18H2,1H3. The van der Waals surface area contributed by atoms with Crippen molar-refractivity contribution in [2.24, 2.45) is 5.73 Å². The molecule has 0 saturated carbocycles. The van der Waals surface area contributed by atoms with Gasteiger partial charge >= 0.3 is 0 Å². The molecule has 4 heteroatoms.